The zero-order valence-electron chi connectivity index (χ0n) is 15.8. The lowest BCUT2D eigenvalue weighted by molar-refractivity contribution is 0.253. The Morgan fingerprint density at radius 3 is 2.61 bits per heavy atom. The molecule has 2 aliphatic rings. The van der Waals surface area contributed by atoms with Crippen molar-refractivity contribution in [2.45, 2.75) is 24.3 Å². The molecule has 0 bridgehead atoms. The number of hydrogen-bond donors (Lipinski definition) is 0. The molecule has 0 radical (unpaired) electrons. The number of benzene rings is 2. The van der Waals surface area contributed by atoms with Gasteiger partial charge < -0.3 is 0 Å². The average molecular weight is 391 g/mol. The first-order valence-corrected chi connectivity index (χ1v) is 11.0. The molecule has 2 aliphatic heterocycles. The van der Waals surface area contributed by atoms with Crippen LogP contribution in [0.2, 0.25) is 0 Å². The molecule has 5 heteroatoms. The summed E-state index contributed by atoms with van der Waals surface area (Å²) in [6.07, 6.45) is 4.87. The summed E-state index contributed by atoms with van der Waals surface area (Å²) in [5.74, 6) is 0. The Bertz CT molecular complexity index is 1230. The van der Waals surface area contributed by atoms with Crippen molar-refractivity contribution in [2.75, 3.05) is 13.1 Å². The van der Waals surface area contributed by atoms with Crippen molar-refractivity contribution >= 4 is 20.9 Å². The van der Waals surface area contributed by atoms with E-state index < -0.39 is 10.0 Å². The van der Waals surface area contributed by atoms with E-state index in [0.29, 0.717) is 4.90 Å². The van der Waals surface area contributed by atoms with Gasteiger partial charge in [-0.15, -0.1) is 0 Å². The van der Waals surface area contributed by atoms with Gasteiger partial charge in [0.25, 0.3) is 10.0 Å². The molecule has 0 amide bonds. The normalized spacial score (nSPS) is 19.3. The van der Waals surface area contributed by atoms with E-state index in [1.54, 1.807) is 16.1 Å². The highest BCUT2D eigenvalue weighted by Crippen LogP contribution is 2.44. The van der Waals surface area contributed by atoms with Crippen molar-refractivity contribution in [3.8, 4) is 0 Å². The highest BCUT2D eigenvalue weighted by molar-refractivity contribution is 7.90. The molecule has 1 atom stereocenters. The minimum atomic E-state index is -3.72. The Balaban J connectivity index is 1.85. The van der Waals surface area contributed by atoms with Gasteiger partial charge in [-0.3, -0.25) is 4.90 Å². The fourth-order valence-corrected chi connectivity index (χ4v) is 6.14. The molecule has 0 N–H and O–H groups in total. The maximum absolute atomic E-state index is 13.8. The SMILES string of the molecule is C=CC1=CCN2CCc3c(n(S(=O)(=O)c4ccc(C)cc4)c4ccccc34)C12. The Labute approximate surface area is 165 Å². The Kier molecular flexibility index (Phi) is 3.86. The van der Waals surface area contributed by atoms with Crippen LogP contribution < -0.4 is 0 Å². The van der Waals surface area contributed by atoms with Crippen LogP contribution in [-0.2, 0) is 16.4 Å². The summed E-state index contributed by atoms with van der Waals surface area (Å²) in [7, 11) is -3.72. The maximum Gasteiger partial charge on any atom is 0.268 e. The third kappa shape index (κ3) is 2.36. The summed E-state index contributed by atoms with van der Waals surface area (Å²) in [4.78, 5) is 2.65. The van der Waals surface area contributed by atoms with E-state index in [0.717, 1.165) is 52.8 Å². The van der Waals surface area contributed by atoms with Crippen molar-refractivity contribution in [3.05, 3.63) is 89.7 Å². The second-order valence-corrected chi connectivity index (χ2v) is 9.31. The fourth-order valence-electron chi connectivity index (χ4n) is 4.56. The van der Waals surface area contributed by atoms with Gasteiger partial charge in [-0.05, 0) is 42.7 Å². The summed E-state index contributed by atoms with van der Waals surface area (Å²) in [6.45, 7) is 7.68. The molecular weight excluding hydrogens is 368 g/mol. The zero-order chi connectivity index (χ0) is 19.5. The van der Waals surface area contributed by atoms with E-state index >= 15 is 0 Å². The average Bonchev–Trinajstić information content (AvgIpc) is 3.27. The molecule has 5 rings (SSSR count). The van der Waals surface area contributed by atoms with Gasteiger partial charge in [-0.2, -0.15) is 0 Å². The highest BCUT2D eigenvalue weighted by atomic mass is 32.2. The van der Waals surface area contributed by atoms with E-state index in [9.17, 15) is 8.42 Å². The standard InChI is InChI=1S/C23H22N2O2S/c1-3-17-12-14-24-15-13-20-19-6-4-5-7-21(19)25(23(20)22(17)24)28(26,27)18-10-8-16(2)9-11-18/h3-12,22H,1,13-15H2,2H3. The summed E-state index contributed by atoms with van der Waals surface area (Å²) in [6, 6.07) is 14.9. The minimum absolute atomic E-state index is 0.0612. The van der Waals surface area contributed by atoms with Crippen molar-refractivity contribution in [2.24, 2.45) is 0 Å². The summed E-state index contributed by atoms with van der Waals surface area (Å²) >= 11 is 0. The van der Waals surface area contributed by atoms with Gasteiger partial charge in [-0.1, -0.05) is 54.6 Å². The predicted octanol–water partition coefficient (Wildman–Crippen LogP) is 4.21. The van der Waals surface area contributed by atoms with Crippen LogP contribution in [0.5, 0.6) is 0 Å². The van der Waals surface area contributed by atoms with E-state index in [2.05, 4.69) is 17.6 Å². The first kappa shape index (κ1) is 17.5. The topological polar surface area (TPSA) is 42.3 Å². The number of aryl methyl sites for hydroxylation is 1. The smallest absolute Gasteiger partial charge is 0.268 e. The van der Waals surface area contributed by atoms with Crippen LogP contribution in [0, 0.1) is 6.92 Å². The third-order valence-electron chi connectivity index (χ3n) is 5.92. The molecule has 0 saturated heterocycles. The van der Waals surface area contributed by atoms with Gasteiger partial charge in [0.2, 0.25) is 0 Å². The van der Waals surface area contributed by atoms with Gasteiger partial charge in [0.15, 0.2) is 0 Å². The van der Waals surface area contributed by atoms with Gasteiger partial charge in [0.1, 0.15) is 0 Å². The van der Waals surface area contributed by atoms with Crippen LogP contribution in [0.15, 0.2) is 77.7 Å². The molecule has 0 aliphatic carbocycles. The molecule has 3 heterocycles. The van der Waals surface area contributed by atoms with Gasteiger partial charge in [0, 0.05) is 18.5 Å². The van der Waals surface area contributed by atoms with Crippen molar-refractivity contribution in [1.29, 1.82) is 0 Å². The Hall–Kier alpha value is -2.63. The number of aromatic nitrogens is 1. The molecule has 1 unspecified atom stereocenters. The predicted molar refractivity (Wildman–Crippen MR) is 112 cm³/mol. The molecule has 0 spiro atoms. The summed E-state index contributed by atoms with van der Waals surface area (Å²) in [5.41, 5.74) is 4.89. The number of nitrogens with zero attached hydrogens (tertiary/aromatic N) is 2. The quantitative estimate of drug-likeness (QED) is 0.673. The second kappa shape index (κ2) is 6.19. The Morgan fingerprint density at radius 1 is 1.11 bits per heavy atom. The largest absolute Gasteiger partial charge is 0.287 e. The summed E-state index contributed by atoms with van der Waals surface area (Å²) in [5, 5.41) is 1.03. The lowest BCUT2D eigenvalue weighted by atomic mass is 9.95. The van der Waals surface area contributed by atoms with Gasteiger partial charge in [0.05, 0.1) is 22.1 Å². The van der Waals surface area contributed by atoms with Crippen LogP contribution in [0.25, 0.3) is 10.9 Å². The fraction of sp³-hybridized carbons (Fsp3) is 0.217. The van der Waals surface area contributed by atoms with E-state index in [4.69, 9.17) is 0 Å². The number of fused-ring (bicyclic) bond motifs is 5. The monoisotopic (exact) mass is 390 g/mol. The molecule has 1 aromatic heterocycles. The van der Waals surface area contributed by atoms with E-state index in [-0.39, 0.29) is 6.04 Å². The zero-order valence-corrected chi connectivity index (χ0v) is 16.6. The van der Waals surface area contributed by atoms with Gasteiger partial charge >= 0.3 is 0 Å². The second-order valence-electron chi connectivity index (χ2n) is 7.52. The first-order valence-electron chi connectivity index (χ1n) is 9.53. The first-order chi connectivity index (χ1) is 13.5. The van der Waals surface area contributed by atoms with E-state index in [1.165, 1.54) is 0 Å². The molecular formula is C23H22N2O2S. The highest BCUT2D eigenvalue weighted by Gasteiger charge is 2.39. The lowest BCUT2D eigenvalue weighted by Crippen LogP contribution is -2.34. The maximum atomic E-state index is 13.8. The summed E-state index contributed by atoms with van der Waals surface area (Å²) < 4.78 is 29.1. The van der Waals surface area contributed by atoms with Crippen LogP contribution in [0.1, 0.15) is 22.9 Å². The van der Waals surface area contributed by atoms with Crippen molar-refractivity contribution in [3.63, 3.8) is 0 Å². The Morgan fingerprint density at radius 2 is 1.86 bits per heavy atom. The van der Waals surface area contributed by atoms with Crippen LogP contribution in [0.3, 0.4) is 0 Å². The molecule has 2 aromatic carbocycles. The number of hydrogen-bond acceptors (Lipinski definition) is 3. The van der Waals surface area contributed by atoms with Crippen molar-refractivity contribution < 1.29 is 8.42 Å². The number of rotatable bonds is 3. The minimum Gasteiger partial charge on any atom is -0.287 e. The van der Waals surface area contributed by atoms with Crippen molar-refractivity contribution in [1.82, 2.24) is 8.87 Å². The van der Waals surface area contributed by atoms with Crippen LogP contribution in [0.4, 0.5) is 0 Å². The molecule has 0 fully saturated rings. The molecule has 4 nitrogen and oxygen atoms in total. The molecule has 0 saturated carbocycles. The molecule has 142 valence electrons. The van der Waals surface area contributed by atoms with Gasteiger partial charge in [-0.25, -0.2) is 12.4 Å². The van der Waals surface area contributed by atoms with E-state index in [1.807, 2.05) is 49.4 Å². The van der Waals surface area contributed by atoms with Crippen LogP contribution >= 0.6 is 0 Å². The molecule has 3 aromatic rings. The van der Waals surface area contributed by atoms with Crippen LogP contribution in [-0.4, -0.2) is 30.4 Å². The third-order valence-corrected chi connectivity index (χ3v) is 7.66. The molecule has 28 heavy (non-hydrogen) atoms. The lowest BCUT2D eigenvalue weighted by Gasteiger charge is -2.32. The number of para-hydroxylation sites is 1.